The number of benzene rings is 1. The zero-order chi connectivity index (χ0) is 20.4. The maximum atomic E-state index is 11.9. The summed E-state index contributed by atoms with van der Waals surface area (Å²) in [4.78, 5) is 16.9. The van der Waals surface area contributed by atoms with Gasteiger partial charge in [-0.3, -0.25) is 9.69 Å². The molecule has 0 saturated carbocycles. The molecule has 6 nitrogen and oxygen atoms in total. The van der Waals surface area contributed by atoms with Crippen LogP contribution in [-0.2, 0) is 27.7 Å². The van der Waals surface area contributed by atoms with Crippen molar-refractivity contribution in [3.8, 4) is 0 Å². The van der Waals surface area contributed by atoms with Crippen molar-refractivity contribution < 1.29 is 13.2 Å². The molecule has 2 rings (SSSR count). The Kier molecular flexibility index (Phi) is 9.41. The van der Waals surface area contributed by atoms with Crippen LogP contribution >= 0.6 is 0 Å². The van der Waals surface area contributed by atoms with Crippen molar-refractivity contribution >= 4 is 15.7 Å². The minimum atomic E-state index is -3.31. The first-order valence-electron chi connectivity index (χ1n) is 10.4. The van der Waals surface area contributed by atoms with E-state index in [9.17, 15) is 13.2 Å². The van der Waals surface area contributed by atoms with Gasteiger partial charge >= 0.3 is 0 Å². The van der Waals surface area contributed by atoms with Crippen molar-refractivity contribution in [2.75, 3.05) is 44.2 Å². The Bertz CT molecular complexity index is 696. The smallest absolute Gasteiger partial charge is 0.235 e. The third kappa shape index (κ3) is 8.29. The Hall–Kier alpha value is -1.44. The van der Waals surface area contributed by atoms with Gasteiger partial charge in [0.25, 0.3) is 0 Å². The van der Waals surface area contributed by atoms with Crippen molar-refractivity contribution in [3.05, 3.63) is 35.4 Å². The van der Waals surface area contributed by atoms with Crippen molar-refractivity contribution in [2.24, 2.45) is 0 Å². The van der Waals surface area contributed by atoms with Gasteiger partial charge in [-0.05, 0) is 24.1 Å². The first-order chi connectivity index (χ1) is 13.4. The van der Waals surface area contributed by atoms with Gasteiger partial charge in [-0.25, -0.2) is 8.42 Å². The molecule has 1 fully saturated rings. The number of hydrogen-bond acceptors (Lipinski definition) is 5. The second-order valence-electron chi connectivity index (χ2n) is 7.60. The average molecular weight is 410 g/mol. The Morgan fingerprint density at radius 2 is 1.57 bits per heavy atom. The molecule has 1 heterocycles. The van der Waals surface area contributed by atoms with Crippen LogP contribution in [0.3, 0.4) is 0 Å². The number of nitrogens with zero attached hydrogens (tertiary/aromatic N) is 2. The Morgan fingerprint density at radius 3 is 2.18 bits per heavy atom. The lowest BCUT2D eigenvalue weighted by Crippen LogP contribution is -2.45. The molecule has 1 amide bonds. The predicted molar refractivity (Wildman–Crippen MR) is 114 cm³/mol. The molecule has 28 heavy (non-hydrogen) atoms. The van der Waals surface area contributed by atoms with Crippen LogP contribution in [0.25, 0.3) is 0 Å². The molecular formula is C21H35N3O3S. The fraction of sp³-hybridized carbons (Fsp3) is 0.667. The summed E-state index contributed by atoms with van der Waals surface area (Å²) < 4.78 is 23.9. The van der Waals surface area contributed by atoms with Gasteiger partial charge in [0.1, 0.15) is 5.75 Å². The molecule has 7 heteroatoms. The van der Waals surface area contributed by atoms with Crippen LogP contribution in [0.5, 0.6) is 0 Å². The van der Waals surface area contributed by atoms with Gasteiger partial charge in [0.2, 0.25) is 5.91 Å². The van der Waals surface area contributed by atoms with Gasteiger partial charge in [0, 0.05) is 39.3 Å². The van der Waals surface area contributed by atoms with Crippen molar-refractivity contribution in [2.45, 2.75) is 46.2 Å². The highest BCUT2D eigenvalue weighted by Gasteiger charge is 2.17. The van der Waals surface area contributed by atoms with Crippen LogP contribution in [0.15, 0.2) is 24.3 Å². The van der Waals surface area contributed by atoms with Crippen molar-refractivity contribution in [3.63, 3.8) is 0 Å². The lowest BCUT2D eigenvalue weighted by molar-refractivity contribution is -0.118. The van der Waals surface area contributed by atoms with Crippen molar-refractivity contribution in [1.82, 2.24) is 15.1 Å². The standard InChI is InChI=1S/C21H35N3O3S/c1-3-5-6-15-28(26,27)18-21(25)22-16-19-7-9-20(10-8-19)17-24-13-11-23(4-2)12-14-24/h7-10H,3-6,11-18H2,1-2H3,(H,22,25). The molecule has 0 bridgehead atoms. The van der Waals surface area contributed by atoms with E-state index in [1.54, 1.807) is 0 Å². The predicted octanol–water partition coefficient (Wildman–Crippen LogP) is 2.05. The van der Waals surface area contributed by atoms with E-state index in [0.717, 1.165) is 57.7 Å². The second-order valence-corrected chi connectivity index (χ2v) is 9.79. The monoisotopic (exact) mass is 409 g/mol. The van der Waals surface area contributed by atoms with Gasteiger partial charge in [-0.2, -0.15) is 0 Å². The molecule has 1 aliphatic heterocycles. The van der Waals surface area contributed by atoms with Gasteiger partial charge < -0.3 is 10.2 Å². The zero-order valence-electron chi connectivity index (χ0n) is 17.3. The van der Waals surface area contributed by atoms with Crippen LogP contribution in [-0.4, -0.2) is 68.4 Å². The summed E-state index contributed by atoms with van der Waals surface area (Å²) in [6.07, 6.45) is 2.47. The van der Waals surface area contributed by atoms with E-state index < -0.39 is 21.5 Å². The number of carbonyl (C=O) groups excluding carboxylic acids is 1. The molecule has 158 valence electrons. The number of sulfone groups is 1. The molecular weight excluding hydrogens is 374 g/mol. The molecule has 0 spiro atoms. The Balaban J connectivity index is 1.72. The van der Waals surface area contributed by atoms with Crippen LogP contribution in [0.2, 0.25) is 0 Å². The molecule has 0 aliphatic carbocycles. The summed E-state index contributed by atoms with van der Waals surface area (Å²) in [5.74, 6) is -0.747. The minimum Gasteiger partial charge on any atom is -0.351 e. The third-order valence-electron chi connectivity index (χ3n) is 5.24. The Morgan fingerprint density at radius 1 is 0.964 bits per heavy atom. The maximum absolute atomic E-state index is 11.9. The molecule has 0 unspecified atom stereocenters. The fourth-order valence-electron chi connectivity index (χ4n) is 3.38. The van der Waals surface area contributed by atoms with Crippen LogP contribution in [0.4, 0.5) is 0 Å². The zero-order valence-corrected chi connectivity index (χ0v) is 18.1. The fourth-order valence-corrected chi connectivity index (χ4v) is 4.67. The maximum Gasteiger partial charge on any atom is 0.235 e. The summed E-state index contributed by atoms with van der Waals surface area (Å²) in [7, 11) is -3.31. The molecule has 1 aromatic rings. The second kappa shape index (κ2) is 11.5. The number of hydrogen-bond donors (Lipinski definition) is 1. The van der Waals surface area contributed by atoms with Gasteiger partial charge in [-0.15, -0.1) is 0 Å². The summed E-state index contributed by atoms with van der Waals surface area (Å²) in [6.45, 7) is 11.1. The summed E-state index contributed by atoms with van der Waals surface area (Å²) >= 11 is 0. The highest BCUT2D eigenvalue weighted by Crippen LogP contribution is 2.10. The minimum absolute atomic E-state index is 0.0927. The van der Waals surface area contributed by atoms with Crippen molar-refractivity contribution in [1.29, 1.82) is 0 Å². The first-order valence-corrected chi connectivity index (χ1v) is 12.2. The van der Waals surface area contributed by atoms with Crippen LogP contribution in [0, 0.1) is 0 Å². The molecule has 1 N–H and O–H groups in total. The molecule has 0 atom stereocenters. The normalized spacial score (nSPS) is 16.2. The van der Waals surface area contributed by atoms with Gasteiger partial charge in [-0.1, -0.05) is 51.0 Å². The molecule has 0 aromatic heterocycles. The van der Waals surface area contributed by atoms with E-state index in [-0.39, 0.29) is 5.75 Å². The topological polar surface area (TPSA) is 69.7 Å². The lowest BCUT2D eigenvalue weighted by atomic mass is 10.1. The van der Waals surface area contributed by atoms with Crippen LogP contribution in [0.1, 0.15) is 44.2 Å². The number of carbonyl (C=O) groups is 1. The quantitative estimate of drug-likeness (QED) is 0.567. The first kappa shape index (κ1) is 22.8. The van der Waals surface area contributed by atoms with E-state index >= 15 is 0 Å². The van der Waals surface area contributed by atoms with Gasteiger partial charge in [0.15, 0.2) is 9.84 Å². The number of rotatable bonds is 11. The summed E-state index contributed by atoms with van der Waals surface area (Å²) in [5, 5.41) is 2.72. The highest BCUT2D eigenvalue weighted by molar-refractivity contribution is 7.92. The largest absolute Gasteiger partial charge is 0.351 e. The van der Waals surface area contributed by atoms with E-state index in [0.29, 0.717) is 13.0 Å². The van der Waals surface area contributed by atoms with Crippen LogP contribution < -0.4 is 5.32 Å². The molecule has 0 radical (unpaired) electrons. The summed E-state index contributed by atoms with van der Waals surface area (Å²) in [5.41, 5.74) is 2.25. The van der Waals surface area contributed by atoms with E-state index in [1.807, 2.05) is 19.1 Å². The third-order valence-corrected chi connectivity index (χ3v) is 6.85. The number of amides is 1. The number of unbranched alkanes of at least 4 members (excludes halogenated alkanes) is 2. The number of piperazine rings is 1. The van der Waals surface area contributed by atoms with E-state index in [1.165, 1.54) is 5.56 Å². The highest BCUT2D eigenvalue weighted by atomic mass is 32.2. The summed E-state index contributed by atoms with van der Waals surface area (Å²) in [6, 6.07) is 8.20. The number of likely N-dealkylation sites (N-methyl/N-ethyl adjacent to an activating group) is 1. The SMILES string of the molecule is CCCCCS(=O)(=O)CC(=O)NCc1ccc(CN2CCN(CC)CC2)cc1. The molecule has 1 saturated heterocycles. The Labute approximate surface area is 170 Å². The van der Waals surface area contributed by atoms with Gasteiger partial charge in [0.05, 0.1) is 5.75 Å². The van der Waals surface area contributed by atoms with E-state index in [2.05, 4.69) is 34.2 Å². The average Bonchev–Trinajstić information content (AvgIpc) is 2.68. The number of nitrogens with one attached hydrogen (secondary N) is 1. The molecule has 1 aromatic carbocycles. The van der Waals surface area contributed by atoms with E-state index in [4.69, 9.17) is 0 Å². The lowest BCUT2D eigenvalue weighted by Gasteiger charge is -2.34. The molecule has 1 aliphatic rings.